The molecule has 0 saturated heterocycles. The van der Waals surface area contributed by atoms with Crippen molar-refractivity contribution in [2.24, 2.45) is 0 Å². The smallest absolute Gasteiger partial charge is 0.248 e. The maximum Gasteiger partial charge on any atom is 0.248 e. The van der Waals surface area contributed by atoms with Crippen molar-refractivity contribution < 1.29 is 8.42 Å². The Kier molecular flexibility index (Phi) is 2.94. The van der Waals surface area contributed by atoms with Gasteiger partial charge >= 0.3 is 0 Å². The van der Waals surface area contributed by atoms with E-state index < -0.39 is 15.3 Å². The lowest BCUT2D eigenvalue weighted by molar-refractivity contribution is 0.597. The minimum absolute atomic E-state index is 0.509. The third kappa shape index (κ3) is 2.34. The first-order valence-electron chi connectivity index (χ1n) is 5.31. The minimum atomic E-state index is -3.61. The van der Waals surface area contributed by atoms with Gasteiger partial charge in [-0.3, -0.25) is 4.72 Å². The molecule has 0 spiro atoms. The van der Waals surface area contributed by atoms with Crippen LogP contribution < -0.4 is 10.0 Å². The molecule has 1 aliphatic rings. The van der Waals surface area contributed by atoms with Crippen LogP contribution >= 0.6 is 0 Å². The van der Waals surface area contributed by atoms with Crippen LogP contribution in [0.15, 0.2) is 18.2 Å². The van der Waals surface area contributed by atoms with Crippen LogP contribution in [0.4, 0.5) is 11.4 Å². The molecule has 1 heterocycles. The van der Waals surface area contributed by atoms with Gasteiger partial charge in [-0.2, -0.15) is 5.26 Å². The molecule has 1 aliphatic heterocycles. The van der Waals surface area contributed by atoms with E-state index in [4.69, 9.17) is 5.26 Å². The van der Waals surface area contributed by atoms with Crippen LogP contribution in [0.5, 0.6) is 0 Å². The molecule has 1 atom stereocenters. The predicted molar refractivity (Wildman–Crippen MR) is 66.3 cm³/mol. The normalized spacial score (nSPS) is 15.5. The molecule has 1 aromatic carbocycles. The van der Waals surface area contributed by atoms with Gasteiger partial charge in [-0.1, -0.05) is 0 Å². The summed E-state index contributed by atoms with van der Waals surface area (Å²) >= 11 is 0. The molecule has 2 rings (SSSR count). The van der Waals surface area contributed by atoms with Crippen molar-refractivity contribution in [2.75, 3.05) is 16.6 Å². The summed E-state index contributed by atoms with van der Waals surface area (Å²) in [6.07, 6.45) is 0.888. The van der Waals surface area contributed by atoms with E-state index in [9.17, 15) is 8.42 Å². The highest BCUT2D eigenvalue weighted by Gasteiger charge is 2.20. The summed E-state index contributed by atoms with van der Waals surface area (Å²) in [5.74, 6) is 0. The van der Waals surface area contributed by atoms with Crippen LogP contribution in [0.1, 0.15) is 12.5 Å². The van der Waals surface area contributed by atoms with Gasteiger partial charge in [0.05, 0.1) is 6.07 Å². The SMILES string of the molecule is CC(C#N)S(=O)(=O)Nc1ccc2c(c1)CCN2. The first kappa shape index (κ1) is 11.7. The molecule has 5 nitrogen and oxygen atoms in total. The Labute approximate surface area is 101 Å². The molecule has 1 aromatic rings. The van der Waals surface area contributed by atoms with Crippen molar-refractivity contribution in [3.8, 4) is 6.07 Å². The van der Waals surface area contributed by atoms with Crippen LogP contribution in [-0.4, -0.2) is 20.2 Å². The van der Waals surface area contributed by atoms with Gasteiger partial charge < -0.3 is 5.32 Å². The number of nitrogens with zero attached hydrogens (tertiary/aromatic N) is 1. The fourth-order valence-corrected chi connectivity index (χ4v) is 2.46. The van der Waals surface area contributed by atoms with Gasteiger partial charge in [0.2, 0.25) is 10.0 Å². The summed E-state index contributed by atoms with van der Waals surface area (Å²) in [5.41, 5.74) is 2.64. The number of anilines is 2. The Balaban J connectivity index is 2.23. The van der Waals surface area contributed by atoms with Crippen molar-refractivity contribution >= 4 is 21.4 Å². The van der Waals surface area contributed by atoms with Crippen molar-refractivity contribution in [3.63, 3.8) is 0 Å². The summed E-state index contributed by atoms with van der Waals surface area (Å²) in [6.45, 7) is 2.23. The second-order valence-corrected chi connectivity index (χ2v) is 5.97. The molecular weight excluding hydrogens is 238 g/mol. The zero-order valence-electron chi connectivity index (χ0n) is 9.40. The molecule has 6 heteroatoms. The number of nitrogens with one attached hydrogen (secondary N) is 2. The fraction of sp³-hybridized carbons (Fsp3) is 0.364. The summed E-state index contributed by atoms with van der Waals surface area (Å²) in [4.78, 5) is 0. The number of benzene rings is 1. The zero-order chi connectivity index (χ0) is 12.5. The first-order valence-corrected chi connectivity index (χ1v) is 6.85. The Hall–Kier alpha value is -1.74. The lowest BCUT2D eigenvalue weighted by Crippen LogP contribution is -2.23. The summed E-state index contributed by atoms with van der Waals surface area (Å²) in [6, 6.07) is 7.06. The van der Waals surface area contributed by atoms with E-state index in [1.807, 2.05) is 6.07 Å². The van der Waals surface area contributed by atoms with Gasteiger partial charge in [0, 0.05) is 17.9 Å². The summed E-state index contributed by atoms with van der Waals surface area (Å²) < 4.78 is 25.8. The average Bonchev–Trinajstić information content (AvgIpc) is 2.74. The van der Waals surface area contributed by atoms with Gasteiger partial charge in [0.25, 0.3) is 0 Å². The van der Waals surface area contributed by atoms with Gasteiger partial charge in [-0.15, -0.1) is 0 Å². The van der Waals surface area contributed by atoms with E-state index in [1.165, 1.54) is 6.92 Å². The lowest BCUT2D eigenvalue weighted by atomic mass is 10.1. The highest BCUT2D eigenvalue weighted by molar-refractivity contribution is 7.93. The van der Waals surface area contributed by atoms with E-state index >= 15 is 0 Å². The Morgan fingerprint density at radius 1 is 1.53 bits per heavy atom. The van der Waals surface area contributed by atoms with Gasteiger partial charge in [0.1, 0.15) is 0 Å². The van der Waals surface area contributed by atoms with Crippen LogP contribution in [0.3, 0.4) is 0 Å². The van der Waals surface area contributed by atoms with Crippen LogP contribution in [0.2, 0.25) is 0 Å². The molecular formula is C11H13N3O2S. The summed E-state index contributed by atoms with van der Waals surface area (Å²) in [7, 11) is -3.61. The minimum Gasteiger partial charge on any atom is -0.384 e. The zero-order valence-corrected chi connectivity index (χ0v) is 10.2. The fourth-order valence-electron chi connectivity index (χ4n) is 1.69. The Bertz CT molecular complexity index is 575. The van der Waals surface area contributed by atoms with E-state index in [2.05, 4.69) is 10.0 Å². The standard InChI is InChI=1S/C11H13N3O2S/c1-8(7-12)17(15,16)14-10-2-3-11-9(6-10)4-5-13-11/h2-3,6,8,13-14H,4-5H2,1H3. The highest BCUT2D eigenvalue weighted by Crippen LogP contribution is 2.26. The number of hydrogen-bond donors (Lipinski definition) is 2. The molecule has 0 amide bonds. The molecule has 0 aliphatic carbocycles. The van der Waals surface area contributed by atoms with Crippen LogP contribution in [-0.2, 0) is 16.4 Å². The maximum atomic E-state index is 11.7. The quantitative estimate of drug-likeness (QED) is 0.848. The van der Waals surface area contributed by atoms with Crippen molar-refractivity contribution in [1.29, 1.82) is 5.26 Å². The third-order valence-electron chi connectivity index (χ3n) is 2.72. The molecule has 17 heavy (non-hydrogen) atoms. The molecule has 2 N–H and O–H groups in total. The van der Waals surface area contributed by atoms with Crippen LogP contribution in [0.25, 0.3) is 0 Å². The molecule has 0 bridgehead atoms. The van der Waals surface area contributed by atoms with Crippen molar-refractivity contribution in [1.82, 2.24) is 0 Å². The number of rotatable bonds is 3. The third-order valence-corrected chi connectivity index (χ3v) is 4.28. The van der Waals surface area contributed by atoms with E-state index in [1.54, 1.807) is 18.2 Å². The first-order chi connectivity index (χ1) is 8.03. The largest absolute Gasteiger partial charge is 0.384 e. The molecule has 90 valence electrons. The second-order valence-electron chi connectivity index (χ2n) is 3.97. The van der Waals surface area contributed by atoms with E-state index in [0.717, 1.165) is 24.2 Å². The van der Waals surface area contributed by atoms with Gasteiger partial charge in [0.15, 0.2) is 5.25 Å². The topological polar surface area (TPSA) is 82.0 Å². The Morgan fingerprint density at radius 2 is 2.29 bits per heavy atom. The molecule has 1 unspecified atom stereocenters. The number of nitriles is 1. The van der Waals surface area contributed by atoms with E-state index in [0.29, 0.717) is 5.69 Å². The van der Waals surface area contributed by atoms with Gasteiger partial charge in [-0.25, -0.2) is 8.42 Å². The number of hydrogen-bond acceptors (Lipinski definition) is 4. The molecule has 0 saturated carbocycles. The molecule has 0 fully saturated rings. The maximum absolute atomic E-state index is 11.7. The van der Waals surface area contributed by atoms with Crippen LogP contribution in [0, 0.1) is 11.3 Å². The average molecular weight is 251 g/mol. The van der Waals surface area contributed by atoms with E-state index in [-0.39, 0.29) is 0 Å². The van der Waals surface area contributed by atoms with Gasteiger partial charge in [-0.05, 0) is 37.1 Å². The monoisotopic (exact) mass is 251 g/mol. The van der Waals surface area contributed by atoms with Crippen molar-refractivity contribution in [3.05, 3.63) is 23.8 Å². The molecule has 0 radical (unpaired) electrons. The summed E-state index contributed by atoms with van der Waals surface area (Å²) in [5, 5.41) is 10.8. The van der Waals surface area contributed by atoms with Crippen molar-refractivity contribution in [2.45, 2.75) is 18.6 Å². The Morgan fingerprint density at radius 3 is 3.00 bits per heavy atom. The predicted octanol–water partition coefficient (Wildman–Crippen LogP) is 1.31. The second kappa shape index (κ2) is 4.26. The highest BCUT2D eigenvalue weighted by atomic mass is 32.2. The number of fused-ring (bicyclic) bond motifs is 1. The molecule has 0 aromatic heterocycles. The lowest BCUT2D eigenvalue weighted by Gasteiger charge is -2.10. The number of sulfonamides is 1.